The molecule has 0 aliphatic carbocycles. The van der Waals surface area contributed by atoms with Crippen LogP contribution in [0.3, 0.4) is 0 Å². The van der Waals surface area contributed by atoms with E-state index in [-0.39, 0.29) is 5.91 Å². The Morgan fingerprint density at radius 3 is 2.50 bits per heavy atom. The topological polar surface area (TPSA) is 54.5 Å². The van der Waals surface area contributed by atoms with Gasteiger partial charge in [0, 0.05) is 28.3 Å². The largest absolute Gasteiger partial charge is 0.490 e. The van der Waals surface area contributed by atoms with Crippen LogP contribution in [0.5, 0.6) is 5.75 Å². The van der Waals surface area contributed by atoms with E-state index in [1.807, 2.05) is 44.2 Å². The van der Waals surface area contributed by atoms with Gasteiger partial charge >= 0.3 is 0 Å². The Morgan fingerprint density at radius 2 is 1.84 bits per heavy atom. The maximum atomic E-state index is 14.2. The summed E-state index contributed by atoms with van der Waals surface area (Å²) in [4.78, 5) is 17.9. The molecule has 5 nitrogen and oxygen atoms in total. The molecule has 3 aromatic rings. The number of ether oxygens (including phenoxy) is 1. The van der Waals surface area contributed by atoms with Crippen LogP contribution in [0.4, 0.5) is 15.8 Å². The zero-order chi connectivity index (χ0) is 22.9. The third-order valence-corrected chi connectivity index (χ3v) is 6.49. The van der Waals surface area contributed by atoms with Crippen LogP contribution in [0, 0.1) is 13.8 Å². The Kier molecular flexibility index (Phi) is 6.40. The highest BCUT2D eigenvalue weighted by Gasteiger charge is 2.21. The van der Waals surface area contributed by atoms with Crippen LogP contribution < -0.4 is 14.4 Å². The summed E-state index contributed by atoms with van der Waals surface area (Å²) in [6.45, 7) is 6.45. The molecule has 0 saturated carbocycles. The van der Waals surface area contributed by atoms with E-state index in [9.17, 15) is 9.18 Å². The van der Waals surface area contributed by atoms with Crippen molar-refractivity contribution in [1.29, 1.82) is 0 Å². The number of aromatic nitrogens is 1. The van der Waals surface area contributed by atoms with Crippen molar-refractivity contribution < 1.29 is 13.9 Å². The standard InChI is InChI=1S/C24H25FN3O2PS/c1-15-12-17(13-16(2)26-15)23(29)27-19-6-9-21-22(14-19)32-28(10-11-30-21)20-7-4-18(5-8-20)24(3,25)31/h4-9,12-14H,10-11,31H2,1-3H3,(H,27,29). The van der Waals surface area contributed by atoms with Crippen molar-refractivity contribution in [3.63, 3.8) is 0 Å². The Morgan fingerprint density at radius 1 is 1.16 bits per heavy atom. The van der Waals surface area contributed by atoms with E-state index >= 15 is 0 Å². The van der Waals surface area contributed by atoms with Gasteiger partial charge in [-0.3, -0.25) is 9.78 Å². The molecule has 1 aromatic heterocycles. The predicted molar refractivity (Wildman–Crippen MR) is 131 cm³/mol. The predicted octanol–water partition coefficient (Wildman–Crippen LogP) is 5.87. The summed E-state index contributed by atoms with van der Waals surface area (Å²) >= 11 is 1.53. The lowest BCUT2D eigenvalue weighted by atomic mass is 10.1. The summed E-state index contributed by atoms with van der Waals surface area (Å²) in [7, 11) is 2.22. The molecule has 1 aliphatic heterocycles. The number of aryl methyl sites for hydroxylation is 2. The molecular formula is C24H25FN3O2PS. The average Bonchev–Trinajstić information content (AvgIpc) is 2.94. The summed E-state index contributed by atoms with van der Waals surface area (Å²) in [5, 5.41) is 1.50. The molecule has 0 spiro atoms. The minimum absolute atomic E-state index is 0.183. The molecule has 0 fully saturated rings. The Hall–Kier alpha value is -2.63. The summed E-state index contributed by atoms with van der Waals surface area (Å²) in [5.74, 6) is 0.584. The number of carbonyl (C=O) groups excluding carboxylic acids is 1. The molecule has 2 atom stereocenters. The third kappa shape index (κ3) is 5.22. The molecule has 2 heterocycles. The van der Waals surface area contributed by atoms with E-state index in [4.69, 9.17) is 4.74 Å². The normalized spacial score (nSPS) is 15.2. The van der Waals surface area contributed by atoms with Crippen LogP contribution in [0.15, 0.2) is 59.5 Å². The number of carbonyl (C=O) groups is 1. The maximum Gasteiger partial charge on any atom is 0.255 e. The molecule has 4 rings (SSSR count). The van der Waals surface area contributed by atoms with Gasteiger partial charge in [0.05, 0.1) is 11.4 Å². The first-order chi connectivity index (χ1) is 15.2. The molecule has 166 valence electrons. The Bertz CT molecular complexity index is 1130. The lowest BCUT2D eigenvalue weighted by Gasteiger charge is -2.22. The van der Waals surface area contributed by atoms with Crippen molar-refractivity contribution in [1.82, 2.24) is 4.98 Å². The number of pyridine rings is 1. The van der Waals surface area contributed by atoms with Gasteiger partial charge in [0.2, 0.25) is 0 Å². The van der Waals surface area contributed by atoms with Crippen molar-refractivity contribution in [2.75, 3.05) is 22.8 Å². The molecule has 0 radical (unpaired) electrons. The van der Waals surface area contributed by atoms with Crippen LogP contribution in [0.2, 0.25) is 0 Å². The van der Waals surface area contributed by atoms with Crippen molar-refractivity contribution in [3.8, 4) is 5.75 Å². The van der Waals surface area contributed by atoms with Crippen LogP contribution >= 0.6 is 21.2 Å². The first-order valence-electron chi connectivity index (χ1n) is 10.3. The number of benzene rings is 2. The van der Waals surface area contributed by atoms with E-state index in [0.29, 0.717) is 30.0 Å². The molecule has 2 aromatic carbocycles. The van der Waals surface area contributed by atoms with E-state index in [1.54, 1.807) is 24.3 Å². The second kappa shape index (κ2) is 9.08. The maximum absolute atomic E-state index is 14.2. The summed E-state index contributed by atoms with van der Waals surface area (Å²) in [5.41, 5.74) is 4.43. The highest BCUT2D eigenvalue weighted by Crippen LogP contribution is 2.40. The molecular weight excluding hydrogens is 444 g/mol. The first-order valence-corrected chi connectivity index (χ1v) is 11.6. The van der Waals surface area contributed by atoms with Crippen molar-refractivity contribution in [3.05, 3.63) is 77.1 Å². The zero-order valence-electron chi connectivity index (χ0n) is 18.2. The monoisotopic (exact) mass is 469 g/mol. The minimum Gasteiger partial charge on any atom is -0.490 e. The Balaban J connectivity index is 1.54. The van der Waals surface area contributed by atoms with Gasteiger partial charge < -0.3 is 14.4 Å². The van der Waals surface area contributed by atoms with E-state index < -0.39 is 5.41 Å². The number of amides is 1. The molecule has 0 saturated heterocycles. The average molecular weight is 470 g/mol. The molecule has 2 unspecified atom stereocenters. The second-order valence-electron chi connectivity index (χ2n) is 7.92. The van der Waals surface area contributed by atoms with Gasteiger partial charge in [0.15, 0.2) is 0 Å². The highest BCUT2D eigenvalue weighted by molar-refractivity contribution is 8.00. The molecule has 1 N–H and O–H groups in total. The summed E-state index contributed by atoms with van der Waals surface area (Å²) in [6, 6.07) is 16.6. The quantitative estimate of drug-likeness (QED) is 0.382. The molecule has 8 heteroatoms. The molecule has 1 amide bonds. The van der Waals surface area contributed by atoms with Gasteiger partial charge in [-0.25, -0.2) is 4.39 Å². The fourth-order valence-electron chi connectivity index (χ4n) is 3.48. The van der Waals surface area contributed by atoms with Gasteiger partial charge in [0.1, 0.15) is 17.8 Å². The lowest BCUT2D eigenvalue weighted by Crippen LogP contribution is -2.19. The van der Waals surface area contributed by atoms with E-state index in [1.165, 1.54) is 18.9 Å². The summed E-state index contributed by atoms with van der Waals surface area (Å²) in [6.07, 6.45) is 0. The fourth-order valence-corrected chi connectivity index (χ4v) is 4.70. The number of fused-ring (bicyclic) bond motifs is 1. The number of alkyl halides is 1. The number of nitrogens with one attached hydrogen (secondary N) is 1. The smallest absolute Gasteiger partial charge is 0.255 e. The number of halogens is 1. The van der Waals surface area contributed by atoms with Gasteiger partial charge in [0.25, 0.3) is 5.91 Å². The van der Waals surface area contributed by atoms with E-state index in [2.05, 4.69) is 23.8 Å². The van der Waals surface area contributed by atoms with Gasteiger partial charge in [-0.15, -0.1) is 0 Å². The van der Waals surface area contributed by atoms with Crippen LogP contribution in [-0.2, 0) is 5.41 Å². The lowest BCUT2D eigenvalue weighted by molar-refractivity contribution is 0.102. The first kappa shape index (κ1) is 22.6. The van der Waals surface area contributed by atoms with Crippen molar-refractivity contribution >= 4 is 38.5 Å². The van der Waals surface area contributed by atoms with Crippen LogP contribution in [-0.4, -0.2) is 24.0 Å². The second-order valence-corrected chi connectivity index (χ2v) is 10.1. The fraction of sp³-hybridized carbons (Fsp3) is 0.250. The number of nitrogens with zero attached hydrogens (tertiary/aromatic N) is 2. The van der Waals surface area contributed by atoms with Crippen LogP contribution in [0.25, 0.3) is 0 Å². The molecule has 0 bridgehead atoms. The molecule has 1 aliphatic rings. The molecule has 32 heavy (non-hydrogen) atoms. The van der Waals surface area contributed by atoms with Gasteiger partial charge in [-0.2, -0.15) is 0 Å². The van der Waals surface area contributed by atoms with Crippen molar-refractivity contribution in [2.45, 2.75) is 31.1 Å². The van der Waals surface area contributed by atoms with Gasteiger partial charge in [-0.1, -0.05) is 21.4 Å². The summed E-state index contributed by atoms with van der Waals surface area (Å²) < 4.78 is 22.2. The third-order valence-electron chi connectivity index (χ3n) is 5.03. The highest BCUT2D eigenvalue weighted by atomic mass is 32.2. The number of hydrogen-bond acceptors (Lipinski definition) is 5. The Labute approximate surface area is 194 Å². The SMILES string of the molecule is Cc1cc(C(=O)Nc2ccc3c(c2)SN(c2ccc(C(C)(F)P)cc2)CCO3)cc(C)n1. The van der Waals surface area contributed by atoms with Gasteiger partial charge in [-0.05, 0) is 80.7 Å². The van der Waals surface area contributed by atoms with Crippen molar-refractivity contribution in [2.24, 2.45) is 0 Å². The number of hydrogen-bond donors (Lipinski definition) is 1. The minimum atomic E-state index is -1.46. The number of rotatable bonds is 4. The zero-order valence-corrected chi connectivity index (χ0v) is 20.2. The number of anilines is 2. The van der Waals surface area contributed by atoms with Crippen LogP contribution in [0.1, 0.15) is 34.2 Å². The van der Waals surface area contributed by atoms with E-state index in [0.717, 1.165) is 27.7 Å².